The summed E-state index contributed by atoms with van der Waals surface area (Å²) in [7, 11) is 0. The van der Waals surface area contributed by atoms with E-state index in [0.29, 0.717) is 6.42 Å². The summed E-state index contributed by atoms with van der Waals surface area (Å²) >= 11 is 0. The molecule has 1 unspecified atom stereocenters. The van der Waals surface area contributed by atoms with Gasteiger partial charge in [-0.05, 0) is 27.2 Å². The molecule has 0 bridgehead atoms. The lowest BCUT2D eigenvalue weighted by atomic mass is 9.98. The van der Waals surface area contributed by atoms with Crippen molar-refractivity contribution in [1.82, 2.24) is 5.32 Å². The number of aliphatic hydroxyl groups excluding tert-OH is 1. The summed E-state index contributed by atoms with van der Waals surface area (Å²) in [6.07, 6.45) is -1.40. The zero-order valence-electron chi connectivity index (χ0n) is 10.1. The van der Waals surface area contributed by atoms with Crippen LogP contribution in [0.4, 0.5) is 4.79 Å². The van der Waals surface area contributed by atoms with E-state index < -0.39 is 30.5 Å². The topological polar surface area (TPSA) is 84.9 Å². The highest BCUT2D eigenvalue weighted by Gasteiger charge is 2.23. The minimum atomic E-state index is -0.953. The summed E-state index contributed by atoms with van der Waals surface area (Å²) in [6.45, 7) is 6.31. The third-order valence-corrected chi connectivity index (χ3v) is 1.66. The number of amides is 1. The molecule has 0 radical (unpaired) electrons. The number of carbonyl (C=O) groups excluding carboxylic acids is 2. The number of hydrogen-bond donors (Lipinski definition) is 2. The Bertz CT molecular complexity index is 246. The van der Waals surface area contributed by atoms with Gasteiger partial charge in [-0.3, -0.25) is 10.1 Å². The predicted octanol–water partition coefficient (Wildman–Crippen LogP) is 0.988. The van der Waals surface area contributed by atoms with Gasteiger partial charge in [0.1, 0.15) is 6.23 Å². The Labute approximate surface area is 94.9 Å². The van der Waals surface area contributed by atoms with Gasteiger partial charge in [0.25, 0.3) is 0 Å². The first kappa shape index (κ1) is 14.7. The molecule has 0 aromatic heterocycles. The summed E-state index contributed by atoms with van der Waals surface area (Å²) in [5.74, 6) is -0.462. The van der Waals surface area contributed by atoms with Crippen molar-refractivity contribution in [2.45, 2.75) is 40.3 Å². The molecule has 2 N–H and O–H groups in total. The monoisotopic (exact) mass is 233 g/mol. The van der Waals surface area contributed by atoms with Crippen LogP contribution in [0.1, 0.15) is 34.1 Å². The van der Waals surface area contributed by atoms with Crippen LogP contribution in [0.5, 0.6) is 0 Å². The zero-order valence-corrected chi connectivity index (χ0v) is 10.1. The SMILES string of the molecule is CCC(O)NC(=O)OCOC(=O)C(C)(C)C. The number of alkyl carbamates (subject to hydrolysis) is 1. The van der Waals surface area contributed by atoms with E-state index in [-0.39, 0.29) is 0 Å². The van der Waals surface area contributed by atoms with E-state index >= 15 is 0 Å². The normalized spacial score (nSPS) is 12.8. The number of rotatable bonds is 4. The maximum Gasteiger partial charge on any atom is 0.412 e. The quantitative estimate of drug-likeness (QED) is 0.558. The van der Waals surface area contributed by atoms with Crippen LogP contribution in [0.15, 0.2) is 0 Å². The summed E-state index contributed by atoms with van der Waals surface area (Å²) in [5, 5.41) is 11.2. The molecule has 0 aliphatic heterocycles. The third kappa shape index (κ3) is 6.23. The fraction of sp³-hybridized carbons (Fsp3) is 0.800. The Morgan fingerprint density at radius 3 is 2.31 bits per heavy atom. The molecule has 6 heteroatoms. The predicted molar refractivity (Wildman–Crippen MR) is 56.3 cm³/mol. The Morgan fingerprint density at radius 1 is 1.31 bits per heavy atom. The Balaban J connectivity index is 3.75. The Hall–Kier alpha value is -1.30. The molecule has 0 aliphatic carbocycles. The summed E-state index contributed by atoms with van der Waals surface area (Å²) < 4.78 is 9.22. The van der Waals surface area contributed by atoms with Gasteiger partial charge in [0.15, 0.2) is 0 Å². The largest absolute Gasteiger partial charge is 0.427 e. The molecule has 0 saturated carbocycles. The van der Waals surface area contributed by atoms with E-state index in [1.54, 1.807) is 27.7 Å². The fourth-order valence-electron chi connectivity index (χ4n) is 0.633. The molecule has 0 rings (SSSR count). The van der Waals surface area contributed by atoms with Gasteiger partial charge in [0, 0.05) is 0 Å². The maximum absolute atomic E-state index is 11.2. The Kier molecular flexibility index (Phi) is 5.81. The van der Waals surface area contributed by atoms with Crippen LogP contribution in [0.2, 0.25) is 0 Å². The van der Waals surface area contributed by atoms with Crippen LogP contribution in [0, 0.1) is 5.41 Å². The van der Waals surface area contributed by atoms with Crippen LogP contribution in [0.3, 0.4) is 0 Å². The van der Waals surface area contributed by atoms with Crippen molar-refractivity contribution in [3.8, 4) is 0 Å². The number of nitrogens with one attached hydrogen (secondary N) is 1. The van der Waals surface area contributed by atoms with E-state index in [4.69, 9.17) is 5.11 Å². The highest BCUT2D eigenvalue weighted by molar-refractivity contribution is 5.75. The van der Waals surface area contributed by atoms with Crippen molar-refractivity contribution in [1.29, 1.82) is 0 Å². The Morgan fingerprint density at radius 2 is 1.88 bits per heavy atom. The summed E-state index contributed by atoms with van der Waals surface area (Å²) in [4.78, 5) is 22.2. The number of carbonyl (C=O) groups is 2. The van der Waals surface area contributed by atoms with E-state index in [0.717, 1.165) is 0 Å². The van der Waals surface area contributed by atoms with Crippen molar-refractivity contribution in [2.24, 2.45) is 5.41 Å². The van der Waals surface area contributed by atoms with Crippen molar-refractivity contribution >= 4 is 12.1 Å². The van der Waals surface area contributed by atoms with Crippen molar-refractivity contribution < 1.29 is 24.2 Å². The van der Waals surface area contributed by atoms with Crippen molar-refractivity contribution in [3.05, 3.63) is 0 Å². The lowest BCUT2D eigenvalue weighted by molar-refractivity contribution is -0.161. The molecule has 0 aliphatic rings. The highest BCUT2D eigenvalue weighted by atomic mass is 16.7. The third-order valence-electron chi connectivity index (χ3n) is 1.66. The van der Waals surface area contributed by atoms with E-state index in [2.05, 4.69) is 14.8 Å². The highest BCUT2D eigenvalue weighted by Crippen LogP contribution is 2.14. The second-order valence-corrected chi connectivity index (χ2v) is 4.30. The molecule has 94 valence electrons. The summed E-state index contributed by atoms with van der Waals surface area (Å²) in [5.41, 5.74) is -0.636. The molecule has 1 atom stereocenters. The van der Waals surface area contributed by atoms with Gasteiger partial charge in [0.2, 0.25) is 6.79 Å². The second kappa shape index (κ2) is 6.32. The lowest BCUT2D eigenvalue weighted by Gasteiger charge is -2.16. The second-order valence-electron chi connectivity index (χ2n) is 4.30. The van der Waals surface area contributed by atoms with Crippen molar-refractivity contribution in [2.75, 3.05) is 6.79 Å². The molecular formula is C10H19NO5. The van der Waals surface area contributed by atoms with Gasteiger partial charge >= 0.3 is 12.1 Å². The zero-order chi connectivity index (χ0) is 12.8. The molecule has 6 nitrogen and oxygen atoms in total. The van der Waals surface area contributed by atoms with Crippen LogP contribution in [-0.2, 0) is 14.3 Å². The molecule has 0 spiro atoms. The van der Waals surface area contributed by atoms with Gasteiger partial charge in [-0.2, -0.15) is 0 Å². The van der Waals surface area contributed by atoms with Gasteiger partial charge in [-0.1, -0.05) is 6.92 Å². The van der Waals surface area contributed by atoms with Crippen LogP contribution < -0.4 is 5.32 Å². The first-order chi connectivity index (χ1) is 7.27. The molecule has 0 fully saturated rings. The van der Waals surface area contributed by atoms with Gasteiger partial charge in [0.05, 0.1) is 5.41 Å². The molecule has 1 amide bonds. The fourth-order valence-corrected chi connectivity index (χ4v) is 0.633. The molecule has 0 heterocycles. The molecule has 16 heavy (non-hydrogen) atoms. The minimum Gasteiger partial charge on any atom is -0.427 e. The average molecular weight is 233 g/mol. The maximum atomic E-state index is 11.2. The van der Waals surface area contributed by atoms with Gasteiger partial charge in [-0.25, -0.2) is 4.79 Å². The molecule has 0 aromatic rings. The van der Waals surface area contributed by atoms with E-state index in [1.165, 1.54) is 0 Å². The van der Waals surface area contributed by atoms with E-state index in [9.17, 15) is 9.59 Å². The van der Waals surface area contributed by atoms with Gasteiger partial charge < -0.3 is 14.6 Å². The van der Waals surface area contributed by atoms with Crippen molar-refractivity contribution in [3.63, 3.8) is 0 Å². The first-order valence-electron chi connectivity index (χ1n) is 5.06. The first-order valence-corrected chi connectivity index (χ1v) is 5.06. The van der Waals surface area contributed by atoms with Crippen LogP contribution >= 0.6 is 0 Å². The van der Waals surface area contributed by atoms with E-state index in [1.807, 2.05) is 0 Å². The number of esters is 1. The van der Waals surface area contributed by atoms with Crippen LogP contribution in [-0.4, -0.2) is 30.2 Å². The molecular weight excluding hydrogens is 214 g/mol. The number of aliphatic hydroxyl groups is 1. The van der Waals surface area contributed by atoms with Gasteiger partial charge in [-0.15, -0.1) is 0 Å². The molecule has 0 saturated heterocycles. The lowest BCUT2D eigenvalue weighted by Crippen LogP contribution is -2.35. The standard InChI is InChI=1S/C10H19NO5/c1-5-7(12)11-9(14)16-6-15-8(13)10(2,3)4/h7,12H,5-6H2,1-4H3,(H,11,14). The van der Waals surface area contributed by atoms with Crippen LogP contribution in [0.25, 0.3) is 0 Å². The average Bonchev–Trinajstić information content (AvgIpc) is 2.15. The number of ether oxygens (including phenoxy) is 2. The number of hydrogen-bond acceptors (Lipinski definition) is 5. The molecule has 0 aromatic carbocycles. The smallest absolute Gasteiger partial charge is 0.412 e. The summed E-state index contributed by atoms with van der Waals surface area (Å²) in [6, 6.07) is 0. The minimum absolute atomic E-state index is 0.372.